The van der Waals surface area contributed by atoms with Crippen LogP contribution in [-0.4, -0.2) is 33.6 Å². The van der Waals surface area contributed by atoms with Crippen LogP contribution in [0.15, 0.2) is 0 Å². The van der Waals surface area contributed by atoms with Crippen LogP contribution in [0.1, 0.15) is 2.74 Å². The Kier molecular flexibility index (Phi) is 2.32. The number of carbonyl (C=O) groups is 1. The Labute approximate surface area is 59.8 Å². The van der Waals surface area contributed by atoms with Gasteiger partial charge in [-0.05, 0) is 0 Å². The third kappa shape index (κ3) is 7.58. The number of hydrogen-bond acceptors (Lipinski definition) is 3. The molecule has 7 heteroatoms. The van der Waals surface area contributed by atoms with Crippen molar-refractivity contribution in [3.8, 4) is 0 Å². The topological polar surface area (TPSA) is 107 Å². The van der Waals surface area contributed by atoms with E-state index in [0.717, 1.165) is 0 Å². The molecular formula is C3H8NO5P. The summed E-state index contributed by atoms with van der Waals surface area (Å²) >= 11 is 0. The van der Waals surface area contributed by atoms with Gasteiger partial charge in [-0.2, -0.15) is 0 Å². The Balaban J connectivity index is 4.24. The van der Waals surface area contributed by atoms with Crippen molar-refractivity contribution < 1.29 is 27.0 Å². The van der Waals surface area contributed by atoms with Gasteiger partial charge in [0.15, 0.2) is 0 Å². The number of carboxylic acid groups (broad SMARTS) is 1. The summed E-state index contributed by atoms with van der Waals surface area (Å²) in [4.78, 5) is 26.6. The zero-order chi connectivity index (χ0) is 9.99. The highest BCUT2D eigenvalue weighted by molar-refractivity contribution is 7.51. The standard InChI is InChI=1S/C3H8NO5P/c5-3(6)1-4-2-10(7,8)9/h4H,1-2H2,(H,5,6)(H2,7,8,9)/i1+1,2+1D2,3+1. The van der Waals surface area contributed by atoms with Crippen molar-refractivity contribution >= 4 is 13.6 Å². The van der Waals surface area contributed by atoms with E-state index in [9.17, 15) is 9.36 Å². The zero-order valence-electron chi connectivity index (χ0n) is 6.81. The van der Waals surface area contributed by atoms with Gasteiger partial charge < -0.3 is 14.9 Å². The Morgan fingerprint density at radius 2 is 2.20 bits per heavy atom. The third-order valence-electron chi connectivity index (χ3n) is 0.464. The fraction of sp³-hybridized carbons (Fsp3) is 0.667. The monoisotopic (exact) mass is 174 g/mol. The molecule has 0 fully saturated rings. The summed E-state index contributed by atoms with van der Waals surface area (Å²) in [6.07, 6.45) is -2.99. The minimum Gasteiger partial charge on any atom is -0.480 e. The highest BCUT2D eigenvalue weighted by Crippen LogP contribution is 2.31. The maximum Gasteiger partial charge on any atom is 0.339 e. The summed E-state index contributed by atoms with van der Waals surface area (Å²) in [7, 11) is -4.97. The Bertz CT molecular complexity index is 225. The van der Waals surface area contributed by atoms with Gasteiger partial charge in [0.05, 0.1) is 15.5 Å². The molecular weight excluding hydrogens is 164 g/mol. The largest absolute Gasteiger partial charge is 0.480 e. The zero-order valence-corrected chi connectivity index (χ0v) is 5.71. The van der Waals surface area contributed by atoms with Crippen LogP contribution in [0.5, 0.6) is 0 Å². The van der Waals surface area contributed by atoms with Crippen molar-refractivity contribution in [2.45, 2.75) is 0 Å². The van der Waals surface area contributed by atoms with E-state index in [0.29, 0.717) is 0 Å². The normalized spacial score (nSPS) is 15.8. The van der Waals surface area contributed by atoms with E-state index in [4.69, 9.17) is 17.6 Å². The molecule has 6 nitrogen and oxygen atoms in total. The first kappa shape index (κ1) is 6.30. The van der Waals surface area contributed by atoms with Crippen molar-refractivity contribution in [1.29, 1.82) is 0 Å². The van der Waals surface area contributed by atoms with E-state index < -0.39 is 26.3 Å². The van der Waals surface area contributed by atoms with Crippen molar-refractivity contribution in [2.75, 3.05) is 12.8 Å². The molecule has 0 bridgehead atoms. The maximum atomic E-state index is 10.3. The van der Waals surface area contributed by atoms with Gasteiger partial charge in [-0.1, -0.05) is 0 Å². The number of nitrogens with one attached hydrogen (secondary N) is 1. The van der Waals surface area contributed by atoms with Crippen molar-refractivity contribution in [3.05, 3.63) is 0 Å². The highest BCUT2D eigenvalue weighted by Gasteiger charge is 2.11. The van der Waals surface area contributed by atoms with Crippen LogP contribution in [0.3, 0.4) is 0 Å². The second-order valence-electron chi connectivity index (χ2n) is 1.40. The fourth-order valence-corrected chi connectivity index (χ4v) is 0.503. The molecule has 0 atom stereocenters. The lowest BCUT2D eigenvalue weighted by atomic mass is 11.5. The summed E-state index contributed by atoms with van der Waals surface area (Å²) in [6, 6.07) is 0. The smallest absolute Gasteiger partial charge is 0.339 e. The summed E-state index contributed by atoms with van der Waals surface area (Å²) in [6.45, 7) is -0.849. The van der Waals surface area contributed by atoms with Gasteiger partial charge in [0.1, 0.15) is 0 Å². The predicted molar refractivity (Wildman–Crippen MR) is 32.5 cm³/mol. The van der Waals surface area contributed by atoms with Crippen LogP contribution in [0.4, 0.5) is 0 Å². The molecule has 0 aliphatic rings. The van der Waals surface area contributed by atoms with Crippen LogP contribution < -0.4 is 5.32 Å². The molecule has 0 heterocycles. The average Bonchev–Trinajstić information content (AvgIpc) is 1.81. The summed E-state index contributed by atoms with van der Waals surface area (Å²) in [5.74, 6) is -1.40. The summed E-state index contributed by atoms with van der Waals surface area (Å²) in [5, 5.41) is 9.63. The molecule has 0 aromatic rings. The SMILES string of the molecule is [2H][13C]([2H])(N[13CH2][13C](=O)O)P(=O)(O)O. The molecule has 0 aromatic heterocycles. The van der Waals surface area contributed by atoms with Crippen molar-refractivity contribution in [3.63, 3.8) is 0 Å². The Hall–Kier alpha value is -0.420. The molecule has 0 rings (SSSR count). The van der Waals surface area contributed by atoms with Gasteiger partial charge in [0, 0.05) is 0 Å². The Morgan fingerprint density at radius 3 is 2.50 bits per heavy atom. The molecule has 0 radical (unpaired) electrons. The van der Waals surface area contributed by atoms with E-state index in [1.54, 1.807) is 5.32 Å². The number of carboxylic acids is 1. The molecule has 0 aromatic carbocycles. The van der Waals surface area contributed by atoms with Crippen LogP contribution in [0.2, 0.25) is 0 Å². The van der Waals surface area contributed by atoms with E-state index in [2.05, 4.69) is 0 Å². The van der Waals surface area contributed by atoms with Crippen LogP contribution in [0, 0.1) is 0 Å². The Morgan fingerprint density at radius 1 is 1.70 bits per heavy atom. The minimum atomic E-state index is -4.97. The molecule has 0 spiro atoms. The summed E-state index contributed by atoms with van der Waals surface area (Å²) in [5.41, 5.74) is 0. The van der Waals surface area contributed by atoms with Gasteiger partial charge >= 0.3 is 13.6 Å². The van der Waals surface area contributed by atoms with Gasteiger partial charge in [-0.15, -0.1) is 0 Å². The van der Waals surface area contributed by atoms with Crippen LogP contribution >= 0.6 is 7.60 Å². The predicted octanol–water partition coefficient (Wildman–Crippen LogP) is -1.20. The first-order chi connectivity index (χ1) is 5.17. The molecule has 0 saturated carbocycles. The van der Waals surface area contributed by atoms with E-state index >= 15 is 0 Å². The van der Waals surface area contributed by atoms with Crippen molar-refractivity contribution in [2.24, 2.45) is 0 Å². The molecule has 10 heavy (non-hydrogen) atoms. The lowest BCUT2D eigenvalue weighted by Crippen LogP contribution is -2.23. The average molecular weight is 174 g/mol. The molecule has 60 valence electrons. The number of hydrogen-bond donors (Lipinski definition) is 4. The van der Waals surface area contributed by atoms with Crippen LogP contribution in [-0.2, 0) is 9.36 Å². The van der Waals surface area contributed by atoms with Gasteiger partial charge in [0.2, 0.25) is 0 Å². The minimum absolute atomic E-state index is 0.849. The van der Waals surface area contributed by atoms with Gasteiger partial charge in [-0.3, -0.25) is 14.7 Å². The van der Waals surface area contributed by atoms with Crippen molar-refractivity contribution in [1.82, 2.24) is 5.32 Å². The molecule has 0 aliphatic carbocycles. The number of aliphatic carboxylic acids is 1. The molecule has 4 N–H and O–H groups in total. The van der Waals surface area contributed by atoms with Gasteiger partial charge in [-0.25, -0.2) is 0 Å². The first-order valence-corrected chi connectivity index (χ1v) is 3.80. The second-order valence-corrected chi connectivity index (χ2v) is 2.71. The highest BCUT2D eigenvalue weighted by atomic mass is 31.2. The fourth-order valence-electron chi connectivity index (χ4n) is 0.218. The van der Waals surface area contributed by atoms with E-state index in [1.807, 2.05) is 0 Å². The van der Waals surface area contributed by atoms with E-state index in [1.165, 1.54) is 0 Å². The maximum absolute atomic E-state index is 10.3. The second kappa shape index (κ2) is 3.68. The van der Waals surface area contributed by atoms with Crippen LogP contribution in [0.25, 0.3) is 0 Å². The summed E-state index contributed by atoms with van der Waals surface area (Å²) < 4.78 is 23.7. The molecule has 0 unspecified atom stereocenters. The molecule has 0 amide bonds. The quantitative estimate of drug-likeness (QED) is 0.315. The lowest BCUT2D eigenvalue weighted by molar-refractivity contribution is -0.135. The first-order valence-electron chi connectivity index (χ1n) is 3.19. The van der Waals surface area contributed by atoms with E-state index in [-0.39, 0.29) is 0 Å². The third-order valence-corrected chi connectivity index (χ3v) is 0.914. The van der Waals surface area contributed by atoms with Gasteiger partial charge in [0.25, 0.3) is 0 Å². The number of rotatable bonds is 4. The molecule has 0 aliphatic heterocycles. The molecule has 0 saturated heterocycles. The lowest BCUT2D eigenvalue weighted by Gasteiger charge is -2.02.